The molecule has 1 rings (SSSR count). The summed E-state index contributed by atoms with van der Waals surface area (Å²) in [6.07, 6.45) is 5.37. The minimum atomic E-state index is -0.198. The van der Waals surface area contributed by atoms with Gasteiger partial charge in [-0.1, -0.05) is 12.8 Å². The Balaban J connectivity index is 1.94. The summed E-state index contributed by atoms with van der Waals surface area (Å²) in [6, 6.07) is 0. The molecular formula is C9H19NO. The van der Waals surface area contributed by atoms with Crippen LogP contribution in [0.4, 0.5) is 0 Å². The smallest absolute Gasteiger partial charge is 0.0636 e. The summed E-state index contributed by atoms with van der Waals surface area (Å²) >= 11 is 0. The second kappa shape index (κ2) is 4.73. The zero-order chi connectivity index (χ0) is 8.10. The first kappa shape index (κ1) is 9.01. The SMILES string of the molecule is C[C@H](O)CNCC1CCCC1. The lowest BCUT2D eigenvalue weighted by Crippen LogP contribution is -2.28. The molecule has 2 nitrogen and oxygen atoms in total. The molecule has 2 N–H and O–H groups in total. The van der Waals surface area contributed by atoms with Gasteiger partial charge in [0, 0.05) is 6.54 Å². The van der Waals surface area contributed by atoms with Crippen molar-refractivity contribution in [1.29, 1.82) is 0 Å². The number of hydrogen-bond acceptors (Lipinski definition) is 2. The van der Waals surface area contributed by atoms with Crippen LogP contribution < -0.4 is 5.32 Å². The molecule has 0 heterocycles. The quantitative estimate of drug-likeness (QED) is 0.641. The Morgan fingerprint density at radius 2 is 2.09 bits per heavy atom. The molecule has 0 spiro atoms. The average Bonchev–Trinajstić information content (AvgIpc) is 2.39. The van der Waals surface area contributed by atoms with E-state index < -0.39 is 0 Å². The Kier molecular flexibility index (Phi) is 3.87. The number of aliphatic hydroxyl groups is 1. The first-order valence-electron chi connectivity index (χ1n) is 4.68. The van der Waals surface area contributed by atoms with Crippen LogP contribution in [0.1, 0.15) is 32.6 Å². The van der Waals surface area contributed by atoms with Crippen molar-refractivity contribution in [3.63, 3.8) is 0 Å². The Bertz CT molecular complexity index is 97.7. The molecule has 0 radical (unpaired) electrons. The van der Waals surface area contributed by atoms with E-state index in [1.165, 1.54) is 25.7 Å². The largest absolute Gasteiger partial charge is 0.392 e. The van der Waals surface area contributed by atoms with Crippen molar-refractivity contribution in [2.24, 2.45) is 5.92 Å². The molecule has 1 aliphatic carbocycles. The van der Waals surface area contributed by atoms with Gasteiger partial charge in [0.05, 0.1) is 6.10 Å². The van der Waals surface area contributed by atoms with E-state index in [0.717, 1.165) is 19.0 Å². The van der Waals surface area contributed by atoms with Gasteiger partial charge in [-0.2, -0.15) is 0 Å². The molecule has 0 saturated heterocycles. The molecule has 0 aromatic rings. The third kappa shape index (κ3) is 3.73. The molecule has 1 aliphatic rings. The highest BCUT2D eigenvalue weighted by Crippen LogP contribution is 2.23. The van der Waals surface area contributed by atoms with Gasteiger partial charge in [0.1, 0.15) is 0 Å². The van der Waals surface area contributed by atoms with Gasteiger partial charge in [-0.15, -0.1) is 0 Å². The predicted molar refractivity (Wildman–Crippen MR) is 46.5 cm³/mol. The molecule has 0 aliphatic heterocycles. The van der Waals surface area contributed by atoms with Gasteiger partial charge in [-0.25, -0.2) is 0 Å². The standard InChI is InChI=1S/C9H19NO/c1-8(11)6-10-7-9-4-2-3-5-9/h8-11H,2-7H2,1H3/t8-/m0/s1. The summed E-state index contributed by atoms with van der Waals surface area (Å²) in [7, 11) is 0. The lowest BCUT2D eigenvalue weighted by atomic mass is 10.1. The molecule has 0 aromatic carbocycles. The maximum atomic E-state index is 8.96. The van der Waals surface area contributed by atoms with Crippen molar-refractivity contribution in [2.45, 2.75) is 38.7 Å². The lowest BCUT2D eigenvalue weighted by molar-refractivity contribution is 0.189. The third-order valence-corrected chi connectivity index (χ3v) is 2.35. The van der Waals surface area contributed by atoms with Crippen molar-refractivity contribution < 1.29 is 5.11 Å². The van der Waals surface area contributed by atoms with Crippen LogP contribution in [0.2, 0.25) is 0 Å². The molecule has 66 valence electrons. The topological polar surface area (TPSA) is 32.3 Å². The van der Waals surface area contributed by atoms with Crippen molar-refractivity contribution in [3.8, 4) is 0 Å². The van der Waals surface area contributed by atoms with Crippen LogP contribution in [0.5, 0.6) is 0 Å². The Morgan fingerprint density at radius 1 is 1.45 bits per heavy atom. The second-order valence-corrected chi connectivity index (χ2v) is 3.66. The first-order chi connectivity index (χ1) is 5.29. The van der Waals surface area contributed by atoms with E-state index in [9.17, 15) is 0 Å². The van der Waals surface area contributed by atoms with E-state index in [1.807, 2.05) is 6.92 Å². The van der Waals surface area contributed by atoms with Gasteiger partial charge in [0.15, 0.2) is 0 Å². The lowest BCUT2D eigenvalue weighted by Gasteiger charge is -2.11. The van der Waals surface area contributed by atoms with Gasteiger partial charge in [-0.05, 0) is 32.2 Å². The van der Waals surface area contributed by atoms with Crippen LogP contribution in [0.25, 0.3) is 0 Å². The number of hydrogen-bond donors (Lipinski definition) is 2. The van der Waals surface area contributed by atoms with E-state index in [1.54, 1.807) is 0 Å². The molecule has 1 fully saturated rings. The van der Waals surface area contributed by atoms with Crippen LogP contribution in [0.3, 0.4) is 0 Å². The predicted octanol–water partition coefficient (Wildman–Crippen LogP) is 1.15. The number of nitrogens with one attached hydrogen (secondary N) is 1. The summed E-state index contributed by atoms with van der Waals surface area (Å²) in [6.45, 7) is 3.67. The van der Waals surface area contributed by atoms with Crippen LogP contribution in [0.15, 0.2) is 0 Å². The highest BCUT2D eigenvalue weighted by Gasteiger charge is 2.13. The summed E-state index contributed by atoms with van der Waals surface area (Å²) < 4.78 is 0. The van der Waals surface area contributed by atoms with Crippen molar-refractivity contribution in [3.05, 3.63) is 0 Å². The highest BCUT2D eigenvalue weighted by atomic mass is 16.3. The maximum absolute atomic E-state index is 8.96. The molecule has 1 atom stereocenters. The summed E-state index contributed by atoms with van der Waals surface area (Å²) in [5.41, 5.74) is 0. The highest BCUT2D eigenvalue weighted by molar-refractivity contribution is 4.69. The second-order valence-electron chi connectivity index (χ2n) is 3.66. The molecule has 2 heteroatoms. The summed E-state index contributed by atoms with van der Waals surface area (Å²) in [5.74, 6) is 0.883. The van der Waals surface area contributed by atoms with Crippen LogP contribution >= 0.6 is 0 Å². The molecule has 1 saturated carbocycles. The molecule has 0 unspecified atom stereocenters. The zero-order valence-electron chi connectivity index (χ0n) is 7.34. The molecule has 11 heavy (non-hydrogen) atoms. The Morgan fingerprint density at radius 3 is 2.64 bits per heavy atom. The van der Waals surface area contributed by atoms with Gasteiger partial charge in [0.25, 0.3) is 0 Å². The summed E-state index contributed by atoms with van der Waals surface area (Å²) in [4.78, 5) is 0. The minimum absolute atomic E-state index is 0.198. The van der Waals surface area contributed by atoms with Crippen LogP contribution in [0, 0.1) is 5.92 Å². The van der Waals surface area contributed by atoms with Gasteiger partial charge in [0.2, 0.25) is 0 Å². The molecule has 0 bridgehead atoms. The molecule has 0 aromatic heterocycles. The Hall–Kier alpha value is -0.0800. The van der Waals surface area contributed by atoms with Gasteiger partial charge < -0.3 is 10.4 Å². The Labute approximate surface area is 69.0 Å². The third-order valence-electron chi connectivity index (χ3n) is 2.35. The van der Waals surface area contributed by atoms with E-state index in [0.29, 0.717) is 0 Å². The van der Waals surface area contributed by atoms with Crippen molar-refractivity contribution >= 4 is 0 Å². The number of rotatable bonds is 4. The molecule has 0 amide bonds. The summed E-state index contributed by atoms with van der Waals surface area (Å²) in [5, 5.41) is 12.2. The average molecular weight is 157 g/mol. The maximum Gasteiger partial charge on any atom is 0.0636 e. The fourth-order valence-corrected chi connectivity index (χ4v) is 1.71. The zero-order valence-corrected chi connectivity index (χ0v) is 7.34. The van der Waals surface area contributed by atoms with Gasteiger partial charge >= 0.3 is 0 Å². The van der Waals surface area contributed by atoms with Crippen molar-refractivity contribution in [1.82, 2.24) is 5.32 Å². The fourth-order valence-electron chi connectivity index (χ4n) is 1.71. The first-order valence-corrected chi connectivity index (χ1v) is 4.68. The van der Waals surface area contributed by atoms with E-state index in [4.69, 9.17) is 5.11 Å². The number of aliphatic hydroxyl groups excluding tert-OH is 1. The van der Waals surface area contributed by atoms with E-state index >= 15 is 0 Å². The van der Waals surface area contributed by atoms with Crippen LogP contribution in [-0.4, -0.2) is 24.3 Å². The van der Waals surface area contributed by atoms with Crippen molar-refractivity contribution in [2.75, 3.05) is 13.1 Å². The monoisotopic (exact) mass is 157 g/mol. The van der Waals surface area contributed by atoms with E-state index in [-0.39, 0.29) is 6.10 Å². The minimum Gasteiger partial charge on any atom is -0.392 e. The fraction of sp³-hybridized carbons (Fsp3) is 1.00. The van der Waals surface area contributed by atoms with E-state index in [2.05, 4.69) is 5.32 Å². The molecular weight excluding hydrogens is 138 g/mol. The normalized spacial score (nSPS) is 22.4. The van der Waals surface area contributed by atoms with Gasteiger partial charge in [-0.3, -0.25) is 0 Å². The van der Waals surface area contributed by atoms with Crippen LogP contribution in [-0.2, 0) is 0 Å².